The molecular weight excluding hydrogens is 362 g/mol. The molecule has 1 aliphatic rings. The lowest BCUT2D eigenvalue weighted by Gasteiger charge is -2.32. The predicted molar refractivity (Wildman–Crippen MR) is 102 cm³/mol. The minimum atomic E-state index is -1.28. The zero-order chi connectivity index (χ0) is 18.9. The summed E-state index contributed by atoms with van der Waals surface area (Å²) < 4.78 is 5.44. The highest BCUT2D eigenvalue weighted by Crippen LogP contribution is 2.29. The number of nitrogens with zero attached hydrogens (tertiary/aromatic N) is 2. The van der Waals surface area contributed by atoms with Gasteiger partial charge in [-0.3, -0.25) is 10.1 Å². The molecule has 4 rings (SSSR count). The minimum absolute atomic E-state index is 0.316. The van der Waals surface area contributed by atoms with Gasteiger partial charge in [-0.2, -0.15) is 0 Å². The Morgan fingerprint density at radius 1 is 1.15 bits per heavy atom. The number of amides is 1. The average molecular weight is 379 g/mol. The highest BCUT2D eigenvalue weighted by Gasteiger charge is 2.42. The highest BCUT2D eigenvalue weighted by atomic mass is 32.1. The quantitative estimate of drug-likeness (QED) is 0.704. The lowest BCUT2D eigenvalue weighted by Crippen LogP contribution is -2.48. The Morgan fingerprint density at radius 3 is 2.70 bits per heavy atom. The van der Waals surface area contributed by atoms with Crippen molar-refractivity contribution < 1.29 is 14.3 Å². The maximum atomic E-state index is 12.8. The summed E-state index contributed by atoms with van der Waals surface area (Å²) in [6.07, 6.45) is 0.963. The second-order valence-electron chi connectivity index (χ2n) is 6.57. The number of cyclic esters (lactones) is 1. The number of carbonyl (C=O) groups excluding carboxylic acids is 2. The lowest BCUT2D eigenvalue weighted by atomic mass is 9.89. The number of anilines is 1. The molecule has 1 amide bonds. The van der Waals surface area contributed by atoms with E-state index in [1.54, 1.807) is 19.1 Å². The van der Waals surface area contributed by atoms with Gasteiger partial charge in [-0.15, -0.1) is 10.2 Å². The second kappa shape index (κ2) is 6.92. The molecule has 0 saturated heterocycles. The van der Waals surface area contributed by atoms with Crippen molar-refractivity contribution in [2.75, 3.05) is 5.32 Å². The third-order valence-electron chi connectivity index (χ3n) is 4.45. The Labute approximate surface area is 160 Å². The summed E-state index contributed by atoms with van der Waals surface area (Å²) in [5.74, 6) is -0.899. The van der Waals surface area contributed by atoms with Crippen LogP contribution in [0.3, 0.4) is 0 Å². The molecule has 2 aromatic carbocycles. The molecule has 27 heavy (non-hydrogen) atoms. The number of ether oxygens (including phenoxy) is 1. The average Bonchev–Trinajstić information content (AvgIpc) is 3.09. The maximum absolute atomic E-state index is 12.8. The molecule has 3 aromatic rings. The van der Waals surface area contributed by atoms with Crippen LogP contribution in [0.4, 0.5) is 5.13 Å². The van der Waals surface area contributed by atoms with Crippen molar-refractivity contribution in [3.8, 4) is 0 Å². The molecule has 2 heterocycles. The summed E-state index contributed by atoms with van der Waals surface area (Å²) in [5, 5.41) is 12.1. The van der Waals surface area contributed by atoms with E-state index in [0.717, 1.165) is 16.1 Å². The van der Waals surface area contributed by atoms with E-state index in [1.807, 2.05) is 42.5 Å². The van der Waals surface area contributed by atoms with E-state index in [4.69, 9.17) is 4.74 Å². The van der Waals surface area contributed by atoms with Crippen molar-refractivity contribution in [1.82, 2.24) is 10.2 Å². The van der Waals surface area contributed by atoms with Gasteiger partial charge >= 0.3 is 5.97 Å². The van der Waals surface area contributed by atoms with E-state index in [0.29, 0.717) is 23.5 Å². The number of carbonyl (C=O) groups is 2. The first-order valence-corrected chi connectivity index (χ1v) is 9.34. The van der Waals surface area contributed by atoms with Crippen LogP contribution in [-0.2, 0) is 22.4 Å². The fourth-order valence-electron chi connectivity index (χ4n) is 3.03. The molecule has 0 radical (unpaired) electrons. The molecule has 0 aliphatic carbocycles. The largest absolute Gasteiger partial charge is 0.445 e. The first-order chi connectivity index (χ1) is 13.0. The third kappa shape index (κ3) is 3.59. The van der Waals surface area contributed by atoms with E-state index in [-0.39, 0.29) is 0 Å². The number of benzene rings is 2. The molecular formula is C20H17N3O3S. The summed E-state index contributed by atoms with van der Waals surface area (Å²) in [4.78, 5) is 25.0. The molecule has 1 atom stereocenters. The molecule has 0 spiro atoms. The molecule has 0 fully saturated rings. The maximum Gasteiger partial charge on any atom is 0.339 e. The monoisotopic (exact) mass is 379 g/mol. The number of hydrogen-bond acceptors (Lipinski definition) is 6. The summed E-state index contributed by atoms with van der Waals surface area (Å²) >= 11 is 1.31. The van der Waals surface area contributed by atoms with Gasteiger partial charge in [0.2, 0.25) is 5.13 Å². The number of esters is 1. The van der Waals surface area contributed by atoms with Crippen molar-refractivity contribution in [1.29, 1.82) is 0 Å². The summed E-state index contributed by atoms with van der Waals surface area (Å²) in [5.41, 5.74) is 1.14. The third-order valence-corrected chi connectivity index (χ3v) is 5.29. The van der Waals surface area contributed by atoms with Gasteiger partial charge in [0.15, 0.2) is 5.60 Å². The van der Waals surface area contributed by atoms with Crippen LogP contribution in [0, 0.1) is 0 Å². The number of nitrogens with one attached hydrogen (secondary N) is 1. The Balaban J connectivity index is 1.47. The Hall–Kier alpha value is -3.06. The van der Waals surface area contributed by atoms with E-state index < -0.39 is 17.5 Å². The van der Waals surface area contributed by atoms with Crippen LogP contribution in [0.2, 0.25) is 0 Å². The highest BCUT2D eigenvalue weighted by molar-refractivity contribution is 7.15. The van der Waals surface area contributed by atoms with Crippen molar-refractivity contribution in [2.45, 2.75) is 25.4 Å². The first-order valence-electron chi connectivity index (χ1n) is 8.52. The smallest absolute Gasteiger partial charge is 0.339 e. The van der Waals surface area contributed by atoms with Gasteiger partial charge in [0.25, 0.3) is 5.91 Å². The van der Waals surface area contributed by atoms with Crippen molar-refractivity contribution in [3.63, 3.8) is 0 Å². The zero-order valence-corrected chi connectivity index (χ0v) is 15.5. The SMILES string of the molecule is C[C@@]1(C(=O)Nc2nnc(Cc3ccccc3)s2)Cc2ccccc2C(=O)O1. The van der Waals surface area contributed by atoms with Gasteiger partial charge in [0.05, 0.1) is 5.56 Å². The van der Waals surface area contributed by atoms with Crippen molar-refractivity contribution in [3.05, 3.63) is 76.3 Å². The van der Waals surface area contributed by atoms with Crippen LogP contribution in [-0.4, -0.2) is 27.7 Å². The molecule has 136 valence electrons. The molecule has 0 saturated carbocycles. The molecule has 0 bridgehead atoms. The number of rotatable bonds is 4. The minimum Gasteiger partial charge on any atom is -0.445 e. The van der Waals surface area contributed by atoms with Crippen LogP contribution in [0.15, 0.2) is 54.6 Å². The Kier molecular flexibility index (Phi) is 4.45. The number of aromatic nitrogens is 2. The van der Waals surface area contributed by atoms with Crippen LogP contribution in [0.25, 0.3) is 0 Å². The second-order valence-corrected chi connectivity index (χ2v) is 7.63. The van der Waals surface area contributed by atoms with Crippen molar-refractivity contribution >= 4 is 28.3 Å². The predicted octanol–water partition coefficient (Wildman–Crippen LogP) is 3.24. The standard InChI is InChI=1S/C20H17N3O3S/c1-20(12-14-9-5-6-10-15(14)17(24)26-20)18(25)21-19-23-22-16(27-19)11-13-7-3-2-4-8-13/h2-10H,11-12H2,1H3,(H,21,23,25)/t20-/m0/s1. The summed E-state index contributed by atoms with van der Waals surface area (Å²) in [7, 11) is 0. The van der Waals surface area contributed by atoms with Crippen LogP contribution < -0.4 is 5.32 Å². The zero-order valence-electron chi connectivity index (χ0n) is 14.6. The normalized spacial score (nSPS) is 18.5. The topological polar surface area (TPSA) is 81.2 Å². The fraction of sp³-hybridized carbons (Fsp3) is 0.200. The Morgan fingerprint density at radius 2 is 1.89 bits per heavy atom. The fourth-order valence-corrected chi connectivity index (χ4v) is 3.80. The molecule has 7 heteroatoms. The Bertz CT molecular complexity index is 1000. The van der Waals surface area contributed by atoms with Crippen LogP contribution in [0.5, 0.6) is 0 Å². The van der Waals surface area contributed by atoms with E-state index in [1.165, 1.54) is 11.3 Å². The molecule has 1 aliphatic heterocycles. The van der Waals surface area contributed by atoms with Gasteiger partial charge in [-0.05, 0) is 24.1 Å². The van der Waals surface area contributed by atoms with Gasteiger partial charge < -0.3 is 4.74 Å². The van der Waals surface area contributed by atoms with Gasteiger partial charge in [0, 0.05) is 12.8 Å². The van der Waals surface area contributed by atoms with E-state index in [2.05, 4.69) is 15.5 Å². The first kappa shape index (κ1) is 17.4. The number of hydrogen-bond donors (Lipinski definition) is 1. The van der Waals surface area contributed by atoms with Gasteiger partial charge in [-0.1, -0.05) is 59.9 Å². The number of fused-ring (bicyclic) bond motifs is 1. The van der Waals surface area contributed by atoms with Gasteiger partial charge in [-0.25, -0.2) is 4.79 Å². The molecule has 1 N–H and O–H groups in total. The molecule has 0 unspecified atom stereocenters. The van der Waals surface area contributed by atoms with Gasteiger partial charge in [0.1, 0.15) is 5.01 Å². The summed E-state index contributed by atoms with van der Waals surface area (Å²) in [6, 6.07) is 17.1. The van der Waals surface area contributed by atoms with Crippen LogP contribution in [0.1, 0.15) is 33.4 Å². The molecule has 1 aromatic heterocycles. The summed E-state index contributed by atoms with van der Waals surface area (Å²) in [6.45, 7) is 1.61. The van der Waals surface area contributed by atoms with E-state index >= 15 is 0 Å². The van der Waals surface area contributed by atoms with Crippen LogP contribution >= 0.6 is 11.3 Å². The molecule has 6 nitrogen and oxygen atoms in total. The van der Waals surface area contributed by atoms with E-state index in [9.17, 15) is 9.59 Å². The van der Waals surface area contributed by atoms with Crippen molar-refractivity contribution in [2.24, 2.45) is 0 Å². The lowest BCUT2D eigenvalue weighted by molar-refractivity contribution is -0.134.